The van der Waals surface area contributed by atoms with E-state index in [1.54, 1.807) is 6.20 Å². The second kappa shape index (κ2) is 8.40. The zero-order valence-corrected chi connectivity index (χ0v) is 18.1. The first kappa shape index (κ1) is 21.1. The number of benzene rings is 1. The maximum Gasteiger partial charge on any atom is 0.312 e. The molecule has 0 saturated heterocycles. The molecule has 29 heavy (non-hydrogen) atoms. The van der Waals surface area contributed by atoms with Crippen molar-refractivity contribution in [3.8, 4) is 0 Å². The molecule has 1 aliphatic rings. The first-order valence-corrected chi connectivity index (χ1v) is 10.4. The normalized spacial score (nSPS) is 24.5. The molecule has 1 aromatic heterocycles. The molecule has 0 spiro atoms. The van der Waals surface area contributed by atoms with E-state index in [0.717, 1.165) is 17.0 Å². The fraction of sp³-hybridized carbons (Fsp3) is 0.440. The number of nitrogens with one attached hydrogen (secondary N) is 1. The molecule has 1 aromatic carbocycles. The number of carboxylic acid groups (broad SMARTS) is 1. The van der Waals surface area contributed by atoms with E-state index in [4.69, 9.17) is 0 Å². The molecule has 154 valence electrons. The van der Waals surface area contributed by atoms with Crippen molar-refractivity contribution in [2.75, 3.05) is 0 Å². The molecular formula is C25H32N2O2. The van der Waals surface area contributed by atoms with Crippen molar-refractivity contribution < 1.29 is 9.90 Å². The molecule has 1 aliphatic heterocycles. The maximum atomic E-state index is 12.9. The van der Waals surface area contributed by atoms with Gasteiger partial charge in [0, 0.05) is 29.5 Å². The molecule has 3 atom stereocenters. The largest absolute Gasteiger partial charge is 0.481 e. The number of aromatic nitrogens is 1. The van der Waals surface area contributed by atoms with Crippen LogP contribution in [-0.4, -0.2) is 22.1 Å². The molecule has 0 bridgehead atoms. The third-order valence-electron chi connectivity index (χ3n) is 6.42. The molecule has 2 aromatic rings. The predicted octanol–water partition coefficient (Wildman–Crippen LogP) is 5.10. The number of aliphatic carboxylic acids is 1. The van der Waals surface area contributed by atoms with Gasteiger partial charge in [0.2, 0.25) is 0 Å². The number of nitrogens with zero attached hydrogens (tertiary/aromatic N) is 1. The van der Waals surface area contributed by atoms with Crippen LogP contribution in [0.3, 0.4) is 0 Å². The standard InChI is InChI=1S/C25H32N2O2/c1-16(2)22-18(4)27-19(5)25(24(28)29,23(22)21-8-6-7-15-26-21)14-13-20-11-9-17(3)10-12-20/h6-12,15-16,19,23,27H,13-14H2,1-5H3,(H,28,29). The van der Waals surface area contributed by atoms with Gasteiger partial charge in [-0.25, -0.2) is 0 Å². The molecule has 0 aliphatic carbocycles. The molecule has 0 radical (unpaired) electrons. The van der Waals surface area contributed by atoms with E-state index < -0.39 is 11.4 Å². The van der Waals surface area contributed by atoms with Crippen LogP contribution in [0.5, 0.6) is 0 Å². The van der Waals surface area contributed by atoms with Gasteiger partial charge in [0.1, 0.15) is 0 Å². The molecule has 2 heterocycles. The van der Waals surface area contributed by atoms with Crippen LogP contribution in [0.25, 0.3) is 0 Å². The van der Waals surface area contributed by atoms with Gasteiger partial charge in [-0.1, -0.05) is 49.7 Å². The second-order valence-corrected chi connectivity index (χ2v) is 8.62. The van der Waals surface area contributed by atoms with Crippen LogP contribution in [0.2, 0.25) is 0 Å². The summed E-state index contributed by atoms with van der Waals surface area (Å²) < 4.78 is 0. The lowest BCUT2D eigenvalue weighted by molar-refractivity contribution is -0.153. The summed E-state index contributed by atoms with van der Waals surface area (Å²) in [6, 6.07) is 14.0. The van der Waals surface area contributed by atoms with Crippen LogP contribution >= 0.6 is 0 Å². The Bertz CT molecular complexity index is 887. The van der Waals surface area contributed by atoms with Gasteiger partial charge in [-0.3, -0.25) is 9.78 Å². The number of aryl methyl sites for hydroxylation is 2. The smallest absolute Gasteiger partial charge is 0.312 e. The molecule has 0 fully saturated rings. The fourth-order valence-electron chi connectivity index (χ4n) is 4.90. The van der Waals surface area contributed by atoms with Gasteiger partial charge in [0.15, 0.2) is 0 Å². The van der Waals surface area contributed by atoms with Crippen molar-refractivity contribution in [2.45, 2.75) is 59.4 Å². The van der Waals surface area contributed by atoms with Crippen LogP contribution < -0.4 is 5.32 Å². The number of allylic oxidation sites excluding steroid dienone is 2. The molecule has 3 unspecified atom stereocenters. The minimum Gasteiger partial charge on any atom is -0.481 e. The Morgan fingerprint density at radius 3 is 2.41 bits per heavy atom. The number of hydrogen-bond acceptors (Lipinski definition) is 3. The molecule has 0 amide bonds. The van der Waals surface area contributed by atoms with Gasteiger partial charge in [0.05, 0.1) is 5.41 Å². The summed E-state index contributed by atoms with van der Waals surface area (Å²) in [7, 11) is 0. The minimum absolute atomic E-state index is 0.208. The zero-order valence-electron chi connectivity index (χ0n) is 18.1. The molecule has 3 rings (SSSR count). The lowest BCUT2D eigenvalue weighted by Crippen LogP contribution is -2.56. The van der Waals surface area contributed by atoms with Crippen LogP contribution in [0, 0.1) is 18.3 Å². The van der Waals surface area contributed by atoms with Crippen molar-refractivity contribution >= 4 is 5.97 Å². The van der Waals surface area contributed by atoms with E-state index in [2.05, 4.69) is 62.3 Å². The first-order valence-electron chi connectivity index (χ1n) is 10.4. The van der Waals surface area contributed by atoms with E-state index in [9.17, 15) is 9.90 Å². The molecule has 2 N–H and O–H groups in total. The Morgan fingerprint density at radius 1 is 1.17 bits per heavy atom. The molecule has 0 saturated carbocycles. The van der Waals surface area contributed by atoms with E-state index in [1.165, 1.54) is 11.1 Å². The summed E-state index contributed by atoms with van der Waals surface area (Å²) in [5.74, 6) is -0.797. The van der Waals surface area contributed by atoms with E-state index in [1.807, 2.05) is 25.1 Å². The average Bonchev–Trinajstić information content (AvgIpc) is 2.68. The highest BCUT2D eigenvalue weighted by Crippen LogP contribution is 2.52. The average molecular weight is 393 g/mol. The summed E-state index contributed by atoms with van der Waals surface area (Å²) >= 11 is 0. The Labute approximate surface area is 174 Å². The fourth-order valence-corrected chi connectivity index (χ4v) is 4.90. The van der Waals surface area contributed by atoms with Gasteiger partial charge < -0.3 is 10.4 Å². The van der Waals surface area contributed by atoms with Gasteiger partial charge in [-0.2, -0.15) is 0 Å². The van der Waals surface area contributed by atoms with Crippen LogP contribution in [0.15, 0.2) is 59.9 Å². The van der Waals surface area contributed by atoms with Crippen molar-refractivity contribution in [3.05, 3.63) is 76.8 Å². The van der Waals surface area contributed by atoms with E-state index >= 15 is 0 Å². The van der Waals surface area contributed by atoms with Gasteiger partial charge in [-0.05, 0) is 62.8 Å². The third-order valence-corrected chi connectivity index (χ3v) is 6.42. The summed E-state index contributed by atoms with van der Waals surface area (Å²) in [5, 5.41) is 14.1. The number of rotatable bonds is 6. The Kier molecular flexibility index (Phi) is 6.11. The first-order chi connectivity index (χ1) is 13.8. The molecule has 4 nitrogen and oxygen atoms in total. The van der Waals surface area contributed by atoms with Crippen molar-refractivity contribution in [3.63, 3.8) is 0 Å². The van der Waals surface area contributed by atoms with Crippen molar-refractivity contribution in [1.82, 2.24) is 10.3 Å². The van der Waals surface area contributed by atoms with Crippen LogP contribution in [0.4, 0.5) is 0 Å². The summed E-state index contributed by atoms with van der Waals surface area (Å²) in [6.45, 7) is 10.4. The molecular weight excluding hydrogens is 360 g/mol. The maximum absolute atomic E-state index is 12.9. The molecule has 4 heteroatoms. The van der Waals surface area contributed by atoms with Crippen LogP contribution in [0.1, 0.15) is 56.9 Å². The quantitative estimate of drug-likeness (QED) is 0.718. The number of carbonyl (C=O) groups is 1. The number of pyridine rings is 1. The van der Waals surface area contributed by atoms with Gasteiger partial charge >= 0.3 is 5.97 Å². The summed E-state index contributed by atoms with van der Waals surface area (Å²) in [6.07, 6.45) is 3.03. The van der Waals surface area contributed by atoms with E-state index in [-0.39, 0.29) is 17.9 Å². The highest BCUT2D eigenvalue weighted by Gasteiger charge is 2.55. The lowest BCUT2D eigenvalue weighted by Gasteiger charge is -2.48. The monoisotopic (exact) mass is 392 g/mol. The van der Waals surface area contributed by atoms with E-state index in [0.29, 0.717) is 12.8 Å². The highest BCUT2D eigenvalue weighted by atomic mass is 16.4. The summed E-state index contributed by atoms with van der Waals surface area (Å²) in [4.78, 5) is 17.6. The SMILES string of the molecule is CC1=C(C(C)C)C(c2ccccn2)C(CCc2ccc(C)cc2)(C(=O)O)C(C)N1. The lowest BCUT2D eigenvalue weighted by atomic mass is 9.59. The minimum atomic E-state index is -0.974. The number of hydrogen-bond donors (Lipinski definition) is 2. The Morgan fingerprint density at radius 2 is 1.86 bits per heavy atom. The zero-order chi connectivity index (χ0) is 21.2. The van der Waals surface area contributed by atoms with Crippen LogP contribution in [-0.2, 0) is 11.2 Å². The topological polar surface area (TPSA) is 62.2 Å². The Hall–Kier alpha value is -2.62. The Balaban J connectivity index is 2.12. The second-order valence-electron chi connectivity index (χ2n) is 8.62. The van der Waals surface area contributed by atoms with Crippen molar-refractivity contribution in [2.24, 2.45) is 11.3 Å². The predicted molar refractivity (Wildman–Crippen MR) is 117 cm³/mol. The highest BCUT2D eigenvalue weighted by molar-refractivity contribution is 5.79. The number of carboxylic acids is 1. The van der Waals surface area contributed by atoms with Gasteiger partial charge in [-0.15, -0.1) is 0 Å². The summed E-state index contributed by atoms with van der Waals surface area (Å²) in [5.41, 5.74) is 4.47. The third kappa shape index (κ3) is 3.93. The van der Waals surface area contributed by atoms with Crippen molar-refractivity contribution in [1.29, 1.82) is 0 Å². The van der Waals surface area contributed by atoms with Gasteiger partial charge in [0.25, 0.3) is 0 Å².